The number of carbonyl (C=O) groups is 2. The van der Waals surface area contributed by atoms with Gasteiger partial charge in [0.05, 0.1) is 6.61 Å². The molecule has 150 valence electrons. The molecule has 1 aromatic heterocycles. The van der Waals surface area contributed by atoms with Gasteiger partial charge in [0.1, 0.15) is 0 Å². The molecule has 28 heavy (non-hydrogen) atoms. The summed E-state index contributed by atoms with van der Waals surface area (Å²) in [6.45, 7) is 3.13. The Morgan fingerprint density at radius 1 is 1.11 bits per heavy atom. The van der Waals surface area contributed by atoms with E-state index in [0.29, 0.717) is 45.6 Å². The molecule has 0 saturated heterocycles. The van der Waals surface area contributed by atoms with E-state index in [1.165, 1.54) is 16.0 Å². The molecule has 0 aliphatic carbocycles. The van der Waals surface area contributed by atoms with Crippen molar-refractivity contribution in [2.45, 2.75) is 38.6 Å². The fraction of sp³-hybridized carbons (Fsp3) is 0.455. The average molecular weight is 401 g/mol. The van der Waals surface area contributed by atoms with Crippen LogP contribution >= 0.6 is 11.3 Å². The second kappa shape index (κ2) is 11.0. The Morgan fingerprint density at radius 3 is 2.82 bits per heavy atom. The molecule has 0 unspecified atom stereocenters. The predicted octanol–water partition coefficient (Wildman–Crippen LogP) is 3.18. The minimum atomic E-state index is -0.0155. The van der Waals surface area contributed by atoms with Crippen molar-refractivity contribution in [3.8, 4) is 0 Å². The highest BCUT2D eigenvalue weighted by atomic mass is 32.1. The van der Waals surface area contributed by atoms with Gasteiger partial charge in [0, 0.05) is 44.0 Å². The van der Waals surface area contributed by atoms with Gasteiger partial charge < -0.3 is 15.0 Å². The highest BCUT2D eigenvalue weighted by molar-refractivity contribution is 7.10. The fourth-order valence-corrected chi connectivity index (χ4v) is 4.18. The third-order valence-corrected chi connectivity index (χ3v) is 5.91. The van der Waals surface area contributed by atoms with Crippen LogP contribution < -0.4 is 5.32 Å². The van der Waals surface area contributed by atoms with Crippen molar-refractivity contribution in [1.82, 2.24) is 10.2 Å². The maximum absolute atomic E-state index is 12.3. The summed E-state index contributed by atoms with van der Waals surface area (Å²) < 4.78 is 5.59. The summed E-state index contributed by atoms with van der Waals surface area (Å²) in [6, 6.07) is 12.3. The number of nitrogens with one attached hydrogen (secondary N) is 1. The summed E-state index contributed by atoms with van der Waals surface area (Å²) >= 11 is 1.77. The smallest absolute Gasteiger partial charge is 0.224 e. The van der Waals surface area contributed by atoms with Crippen LogP contribution in [0.15, 0.2) is 41.8 Å². The zero-order chi connectivity index (χ0) is 19.6. The highest BCUT2D eigenvalue weighted by Crippen LogP contribution is 2.24. The molecule has 2 aromatic rings. The normalized spacial score (nSPS) is 13.2. The molecule has 0 spiro atoms. The Balaban J connectivity index is 1.20. The van der Waals surface area contributed by atoms with Crippen molar-refractivity contribution in [3.05, 3.63) is 57.8 Å². The van der Waals surface area contributed by atoms with Crippen LogP contribution in [0.2, 0.25) is 0 Å². The van der Waals surface area contributed by atoms with Crippen molar-refractivity contribution < 1.29 is 14.3 Å². The van der Waals surface area contributed by atoms with Crippen LogP contribution in [0.5, 0.6) is 0 Å². The molecule has 1 aromatic carbocycles. The number of hydrogen-bond acceptors (Lipinski definition) is 4. The molecule has 0 atom stereocenters. The van der Waals surface area contributed by atoms with Gasteiger partial charge in [0.15, 0.2) is 0 Å². The van der Waals surface area contributed by atoms with Crippen LogP contribution in [-0.4, -0.2) is 43.0 Å². The van der Waals surface area contributed by atoms with E-state index in [9.17, 15) is 9.59 Å². The molecule has 3 rings (SSSR count). The number of hydrogen-bond donors (Lipinski definition) is 1. The Hall–Kier alpha value is -2.18. The molecule has 1 aliphatic rings. The zero-order valence-corrected chi connectivity index (χ0v) is 17.0. The summed E-state index contributed by atoms with van der Waals surface area (Å²) in [6.07, 6.45) is 3.32. The van der Waals surface area contributed by atoms with E-state index in [0.717, 1.165) is 19.4 Å². The second-order valence-corrected chi connectivity index (χ2v) is 7.99. The molecular weight excluding hydrogens is 372 g/mol. The number of amides is 2. The number of nitrogens with zero attached hydrogens (tertiary/aromatic N) is 1. The Morgan fingerprint density at radius 2 is 1.96 bits per heavy atom. The summed E-state index contributed by atoms with van der Waals surface area (Å²) in [5.74, 6) is 0.0969. The highest BCUT2D eigenvalue weighted by Gasteiger charge is 2.21. The van der Waals surface area contributed by atoms with E-state index < -0.39 is 0 Å². The minimum Gasteiger partial charge on any atom is -0.381 e. The lowest BCUT2D eigenvalue weighted by Gasteiger charge is -2.27. The molecule has 0 saturated carbocycles. The van der Waals surface area contributed by atoms with Crippen molar-refractivity contribution in [3.63, 3.8) is 0 Å². The molecule has 1 aliphatic heterocycles. The van der Waals surface area contributed by atoms with Crippen LogP contribution in [-0.2, 0) is 33.7 Å². The lowest BCUT2D eigenvalue weighted by Crippen LogP contribution is -2.37. The molecule has 6 heteroatoms. The van der Waals surface area contributed by atoms with Crippen LogP contribution in [0.3, 0.4) is 0 Å². The van der Waals surface area contributed by atoms with Gasteiger partial charge in [-0.3, -0.25) is 9.59 Å². The predicted molar refractivity (Wildman–Crippen MR) is 111 cm³/mol. The van der Waals surface area contributed by atoms with E-state index >= 15 is 0 Å². The Bertz CT molecular complexity index is 760. The van der Waals surface area contributed by atoms with Gasteiger partial charge in [-0.15, -0.1) is 11.3 Å². The number of thiophene rings is 1. The van der Waals surface area contributed by atoms with Gasteiger partial charge in [-0.1, -0.05) is 30.3 Å². The maximum Gasteiger partial charge on any atom is 0.224 e. The van der Waals surface area contributed by atoms with E-state index in [4.69, 9.17) is 4.74 Å². The quantitative estimate of drug-likeness (QED) is 0.623. The van der Waals surface area contributed by atoms with Crippen molar-refractivity contribution >= 4 is 23.2 Å². The summed E-state index contributed by atoms with van der Waals surface area (Å²) in [5, 5.41) is 4.93. The van der Waals surface area contributed by atoms with E-state index in [2.05, 4.69) is 28.9 Å². The summed E-state index contributed by atoms with van der Waals surface area (Å²) in [5.41, 5.74) is 2.52. The number of fused-ring (bicyclic) bond motifs is 1. The first kappa shape index (κ1) is 20.6. The van der Waals surface area contributed by atoms with Crippen LogP contribution in [0.1, 0.15) is 35.3 Å². The van der Waals surface area contributed by atoms with E-state index in [1.807, 2.05) is 23.1 Å². The number of rotatable bonds is 10. The van der Waals surface area contributed by atoms with E-state index in [-0.39, 0.29) is 11.8 Å². The molecule has 0 bridgehead atoms. The molecule has 5 nitrogen and oxygen atoms in total. The van der Waals surface area contributed by atoms with Crippen molar-refractivity contribution in [2.75, 3.05) is 26.3 Å². The van der Waals surface area contributed by atoms with Gasteiger partial charge >= 0.3 is 0 Å². The number of benzene rings is 1. The lowest BCUT2D eigenvalue weighted by atomic mass is 10.1. The first-order chi connectivity index (χ1) is 13.7. The van der Waals surface area contributed by atoms with Crippen LogP contribution in [0.25, 0.3) is 0 Å². The number of ether oxygens (including phenoxy) is 1. The average Bonchev–Trinajstić information content (AvgIpc) is 3.19. The van der Waals surface area contributed by atoms with Crippen LogP contribution in [0.4, 0.5) is 0 Å². The molecule has 0 radical (unpaired) electrons. The van der Waals surface area contributed by atoms with Gasteiger partial charge in [0.2, 0.25) is 11.8 Å². The van der Waals surface area contributed by atoms with Gasteiger partial charge in [-0.2, -0.15) is 0 Å². The lowest BCUT2D eigenvalue weighted by molar-refractivity contribution is -0.132. The first-order valence-corrected chi connectivity index (χ1v) is 10.8. The van der Waals surface area contributed by atoms with Gasteiger partial charge in [-0.25, -0.2) is 0 Å². The zero-order valence-electron chi connectivity index (χ0n) is 16.2. The topological polar surface area (TPSA) is 58.6 Å². The molecule has 0 fully saturated rings. The van der Waals surface area contributed by atoms with Crippen molar-refractivity contribution in [2.24, 2.45) is 0 Å². The maximum atomic E-state index is 12.3. The standard InChI is InChI=1S/C22H28N2O3S/c25-21(7-4-14-27-15-10-18-5-2-1-3-6-18)23-12-8-22(26)24-13-9-20-19(17-24)11-16-28-20/h1-3,5-6,11,16H,4,7-10,12-15,17H2,(H,23,25). The molecule has 2 heterocycles. The second-order valence-electron chi connectivity index (χ2n) is 6.99. The van der Waals surface area contributed by atoms with Gasteiger partial charge in [-0.05, 0) is 41.8 Å². The van der Waals surface area contributed by atoms with E-state index in [1.54, 1.807) is 11.3 Å². The first-order valence-electron chi connectivity index (χ1n) is 9.94. The minimum absolute atomic E-state index is 0.0155. The SMILES string of the molecule is O=C(CCCOCCc1ccccc1)NCCC(=O)N1CCc2sccc2C1. The summed E-state index contributed by atoms with van der Waals surface area (Å²) in [7, 11) is 0. The van der Waals surface area contributed by atoms with Crippen LogP contribution in [0, 0.1) is 0 Å². The third kappa shape index (κ3) is 6.46. The third-order valence-electron chi connectivity index (χ3n) is 4.89. The fourth-order valence-electron chi connectivity index (χ4n) is 3.29. The molecule has 1 N–H and O–H groups in total. The molecular formula is C22H28N2O3S. The largest absolute Gasteiger partial charge is 0.381 e. The Kier molecular flexibility index (Phi) is 8.06. The summed E-state index contributed by atoms with van der Waals surface area (Å²) in [4.78, 5) is 27.5. The Labute approximate surface area is 170 Å². The number of carbonyl (C=O) groups excluding carboxylic acids is 2. The van der Waals surface area contributed by atoms with Crippen molar-refractivity contribution in [1.29, 1.82) is 0 Å². The molecule has 2 amide bonds. The monoisotopic (exact) mass is 400 g/mol. The van der Waals surface area contributed by atoms with Gasteiger partial charge in [0.25, 0.3) is 0 Å².